The van der Waals surface area contributed by atoms with E-state index in [0.717, 1.165) is 6.29 Å². The Morgan fingerprint density at radius 2 is 2.46 bits per heavy atom. The van der Waals surface area contributed by atoms with E-state index >= 15 is 0 Å². The smallest absolute Gasteiger partial charge is 0.224 e. The lowest BCUT2D eigenvalue weighted by molar-refractivity contribution is -0.108. The first-order valence-corrected chi connectivity index (χ1v) is 4.70. The highest BCUT2D eigenvalue weighted by molar-refractivity contribution is 9.10. The molecule has 1 heterocycles. The van der Waals surface area contributed by atoms with Crippen molar-refractivity contribution in [3.63, 3.8) is 0 Å². The Bertz CT molecular complexity index is 321. The average Bonchev–Trinajstić information content (AvgIpc) is 2.11. The standard InChI is InChI=1S/C7H7BrClN3O/c1-4(3-13)11-6-5(8)2-10-7(9)12-6/h2-4H,1H3,(H,10,11,12)/t4-/m0/s1. The molecule has 1 N–H and O–H groups in total. The normalized spacial score (nSPS) is 12.2. The van der Waals surface area contributed by atoms with Crippen LogP contribution in [-0.4, -0.2) is 22.3 Å². The number of rotatable bonds is 3. The minimum atomic E-state index is -0.303. The monoisotopic (exact) mass is 263 g/mol. The minimum absolute atomic E-state index is 0.142. The highest BCUT2D eigenvalue weighted by Gasteiger charge is 2.06. The second-order valence-corrected chi connectivity index (χ2v) is 3.60. The second kappa shape index (κ2) is 4.53. The van der Waals surface area contributed by atoms with Crippen LogP contribution in [0, 0.1) is 0 Å². The first kappa shape index (κ1) is 10.4. The minimum Gasteiger partial charge on any atom is -0.360 e. The fourth-order valence-corrected chi connectivity index (χ4v) is 1.14. The Balaban J connectivity index is 2.86. The van der Waals surface area contributed by atoms with Crippen LogP contribution in [0.2, 0.25) is 5.28 Å². The van der Waals surface area contributed by atoms with E-state index < -0.39 is 0 Å². The summed E-state index contributed by atoms with van der Waals surface area (Å²) in [6.45, 7) is 1.72. The molecule has 1 rings (SSSR count). The molecule has 0 amide bonds. The molecule has 1 aromatic heterocycles. The van der Waals surface area contributed by atoms with E-state index in [4.69, 9.17) is 11.6 Å². The van der Waals surface area contributed by atoms with Crippen LogP contribution in [0.25, 0.3) is 0 Å². The number of carbonyl (C=O) groups excluding carboxylic acids is 1. The van der Waals surface area contributed by atoms with Crippen molar-refractivity contribution < 1.29 is 4.79 Å². The van der Waals surface area contributed by atoms with E-state index in [-0.39, 0.29) is 11.3 Å². The molecular formula is C7H7BrClN3O. The summed E-state index contributed by atoms with van der Waals surface area (Å²) >= 11 is 8.80. The predicted octanol–water partition coefficient (Wildman–Crippen LogP) is 1.89. The number of halogens is 2. The van der Waals surface area contributed by atoms with Gasteiger partial charge in [-0.3, -0.25) is 0 Å². The number of hydrogen-bond donors (Lipinski definition) is 1. The van der Waals surface area contributed by atoms with Gasteiger partial charge >= 0.3 is 0 Å². The number of nitrogens with zero attached hydrogens (tertiary/aromatic N) is 2. The number of hydrogen-bond acceptors (Lipinski definition) is 4. The third-order valence-electron chi connectivity index (χ3n) is 1.28. The number of aldehydes is 1. The van der Waals surface area contributed by atoms with Crippen LogP contribution in [0.1, 0.15) is 6.92 Å². The maximum atomic E-state index is 10.4. The summed E-state index contributed by atoms with van der Waals surface area (Å²) in [6, 6.07) is -0.303. The van der Waals surface area contributed by atoms with Crippen molar-refractivity contribution in [1.29, 1.82) is 0 Å². The van der Waals surface area contributed by atoms with Gasteiger partial charge in [-0.2, -0.15) is 4.98 Å². The number of aromatic nitrogens is 2. The van der Waals surface area contributed by atoms with Gasteiger partial charge in [0.05, 0.1) is 10.5 Å². The lowest BCUT2D eigenvalue weighted by Crippen LogP contribution is -2.17. The topological polar surface area (TPSA) is 54.9 Å². The molecule has 0 radical (unpaired) electrons. The maximum absolute atomic E-state index is 10.4. The molecule has 13 heavy (non-hydrogen) atoms. The average molecular weight is 265 g/mol. The zero-order chi connectivity index (χ0) is 9.84. The molecule has 0 saturated heterocycles. The van der Waals surface area contributed by atoms with Gasteiger partial charge in [0.25, 0.3) is 0 Å². The molecular weight excluding hydrogens is 257 g/mol. The molecule has 0 aliphatic carbocycles. The van der Waals surface area contributed by atoms with Crippen molar-refractivity contribution in [2.75, 3.05) is 5.32 Å². The van der Waals surface area contributed by atoms with Gasteiger partial charge in [0.15, 0.2) is 0 Å². The van der Waals surface area contributed by atoms with Gasteiger partial charge in [-0.25, -0.2) is 4.98 Å². The van der Waals surface area contributed by atoms with Crippen molar-refractivity contribution >= 4 is 39.6 Å². The zero-order valence-corrected chi connectivity index (χ0v) is 9.13. The van der Waals surface area contributed by atoms with E-state index in [9.17, 15) is 4.79 Å². The quantitative estimate of drug-likeness (QED) is 0.669. The van der Waals surface area contributed by atoms with Crippen LogP contribution < -0.4 is 5.32 Å². The third kappa shape index (κ3) is 2.93. The molecule has 0 spiro atoms. The molecule has 0 aliphatic rings. The van der Waals surface area contributed by atoms with Crippen LogP contribution in [-0.2, 0) is 4.79 Å². The first-order valence-electron chi connectivity index (χ1n) is 3.53. The maximum Gasteiger partial charge on any atom is 0.224 e. The Morgan fingerprint density at radius 3 is 3.08 bits per heavy atom. The van der Waals surface area contributed by atoms with Gasteiger partial charge in [0, 0.05) is 6.20 Å². The van der Waals surface area contributed by atoms with Gasteiger partial charge in [0.2, 0.25) is 5.28 Å². The van der Waals surface area contributed by atoms with Crippen molar-refractivity contribution in [3.8, 4) is 0 Å². The molecule has 0 aliphatic heterocycles. The first-order chi connectivity index (χ1) is 6.13. The summed E-state index contributed by atoms with van der Waals surface area (Å²) in [5, 5.41) is 2.99. The Hall–Kier alpha value is -0.680. The van der Waals surface area contributed by atoms with Gasteiger partial charge in [-0.05, 0) is 34.5 Å². The molecule has 6 heteroatoms. The highest BCUT2D eigenvalue weighted by atomic mass is 79.9. The van der Waals surface area contributed by atoms with Gasteiger partial charge < -0.3 is 10.1 Å². The van der Waals surface area contributed by atoms with Crippen molar-refractivity contribution in [2.24, 2.45) is 0 Å². The third-order valence-corrected chi connectivity index (χ3v) is 2.05. The van der Waals surface area contributed by atoms with Crippen LogP contribution >= 0.6 is 27.5 Å². The molecule has 70 valence electrons. The lowest BCUT2D eigenvalue weighted by Gasteiger charge is -2.08. The molecule has 0 saturated carbocycles. The summed E-state index contributed by atoms with van der Waals surface area (Å²) in [5.41, 5.74) is 0. The number of anilines is 1. The molecule has 1 aromatic rings. The fraction of sp³-hybridized carbons (Fsp3) is 0.286. The van der Waals surface area contributed by atoms with Gasteiger partial charge in [0.1, 0.15) is 12.1 Å². The molecule has 0 fully saturated rings. The van der Waals surface area contributed by atoms with Crippen LogP contribution in [0.5, 0.6) is 0 Å². The largest absolute Gasteiger partial charge is 0.360 e. The van der Waals surface area contributed by atoms with E-state index in [1.807, 2.05) is 0 Å². The van der Waals surface area contributed by atoms with Crippen LogP contribution in [0.4, 0.5) is 5.82 Å². The molecule has 0 bridgehead atoms. The molecule has 4 nitrogen and oxygen atoms in total. The van der Waals surface area contributed by atoms with Gasteiger partial charge in [-0.1, -0.05) is 0 Å². The second-order valence-electron chi connectivity index (χ2n) is 2.40. The highest BCUT2D eigenvalue weighted by Crippen LogP contribution is 2.20. The molecule has 1 atom stereocenters. The predicted molar refractivity (Wildman–Crippen MR) is 53.9 cm³/mol. The van der Waals surface area contributed by atoms with Crippen LogP contribution in [0.15, 0.2) is 10.7 Å². The van der Waals surface area contributed by atoms with E-state index in [1.54, 1.807) is 6.92 Å². The summed E-state index contributed by atoms with van der Waals surface area (Å²) in [4.78, 5) is 18.0. The van der Waals surface area contributed by atoms with E-state index in [0.29, 0.717) is 10.3 Å². The lowest BCUT2D eigenvalue weighted by atomic mass is 10.4. The summed E-state index contributed by atoms with van der Waals surface area (Å²) in [6.07, 6.45) is 2.30. The SMILES string of the molecule is C[C@@H](C=O)Nc1nc(Cl)ncc1Br. The van der Waals surface area contributed by atoms with E-state index in [2.05, 4.69) is 31.2 Å². The Kier molecular flexibility index (Phi) is 3.62. The molecule has 0 unspecified atom stereocenters. The van der Waals surface area contributed by atoms with Crippen LogP contribution in [0.3, 0.4) is 0 Å². The summed E-state index contributed by atoms with van der Waals surface area (Å²) in [7, 11) is 0. The van der Waals surface area contributed by atoms with Crippen molar-refractivity contribution in [2.45, 2.75) is 13.0 Å². The Labute approximate surface area is 88.8 Å². The van der Waals surface area contributed by atoms with E-state index in [1.165, 1.54) is 6.20 Å². The molecule has 0 aromatic carbocycles. The Morgan fingerprint density at radius 1 is 1.77 bits per heavy atom. The zero-order valence-electron chi connectivity index (χ0n) is 6.79. The summed E-state index contributed by atoms with van der Waals surface area (Å²) in [5.74, 6) is 0.514. The number of nitrogens with one attached hydrogen (secondary N) is 1. The summed E-state index contributed by atoms with van der Waals surface area (Å²) < 4.78 is 0.672. The van der Waals surface area contributed by atoms with Crippen molar-refractivity contribution in [1.82, 2.24) is 9.97 Å². The fourth-order valence-electron chi connectivity index (χ4n) is 0.697. The number of carbonyl (C=O) groups is 1. The van der Waals surface area contributed by atoms with Gasteiger partial charge in [-0.15, -0.1) is 0 Å². The van der Waals surface area contributed by atoms with Crippen molar-refractivity contribution in [3.05, 3.63) is 16.0 Å².